The van der Waals surface area contributed by atoms with Crippen LogP contribution >= 0.6 is 0 Å². The van der Waals surface area contributed by atoms with Crippen molar-refractivity contribution in [3.8, 4) is 0 Å². The van der Waals surface area contributed by atoms with Gasteiger partial charge in [0.15, 0.2) is 0 Å². The van der Waals surface area contributed by atoms with Gasteiger partial charge >= 0.3 is 0 Å². The Bertz CT molecular complexity index is 417. The van der Waals surface area contributed by atoms with Crippen LogP contribution in [-0.4, -0.2) is 18.0 Å². The van der Waals surface area contributed by atoms with Gasteiger partial charge in [0.05, 0.1) is 6.04 Å². The van der Waals surface area contributed by atoms with Crippen LogP contribution in [0.1, 0.15) is 37.3 Å². The Balaban J connectivity index is 1.84. The molecule has 2 N–H and O–H groups in total. The molecule has 0 spiro atoms. The van der Waals surface area contributed by atoms with E-state index in [9.17, 15) is 4.79 Å². The van der Waals surface area contributed by atoms with Gasteiger partial charge in [-0.1, -0.05) is 29.8 Å². The summed E-state index contributed by atoms with van der Waals surface area (Å²) in [5, 5.41) is 6.37. The molecule has 3 nitrogen and oxygen atoms in total. The van der Waals surface area contributed by atoms with Gasteiger partial charge in [0.25, 0.3) is 0 Å². The van der Waals surface area contributed by atoms with E-state index >= 15 is 0 Å². The average molecular weight is 246 g/mol. The largest absolute Gasteiger partial charge is 0.351 e. The summed E-state index contributed by atoms with van der Waals surface area (Å²) in [5.41, 5.74) is 2.39. The number of benzene rings is 1. The van der Waals surface area contributed by atoms with Crippen molar-refractivity contribution in [2.75, 3.05) is 0 Å². The highest BCUT2D eigenvalue weighted by Crippen LogP contribution is 2.12. The van der Waals surface area contributed by atoms with Crippen molar-refractivity contribution in [3.63, 3.8) is 0 Å². The van der Waals surface area contributed by atoms with Crippen molar-refractivity contribution in [1.82, 2.24) is 10.6 Å². The maximum Gasteiger partial charge on any atom is 0.237 e. The first-order valence-corrected chi connectivity index (χ1v) is 6.74. The Morgan fingerprint density at radius 1 is 1.44 bits per heavy atom. The molecule has 3 heteroatoms. The number of aryl methyl sites for hydroxylation is 1. The van der Waals surface area contributed by atoms with Crippen LogP contribution in [0.4, 0.5) is 0 Å². The normalized spacial score (nSPS) is 23.7. The first-order valence-electron chi connectivity index (χ1n) is 6.74. The Morgan fingerprint density at radius 3 is 3.00 bits per heavy atom. The summed E-state index contributed by atoms with van der Waals surface area (Å²) in [5.74, 6) is 0.128. The second kappa shape index (κ2) is 6.01. The highest BCUT2D eigenvalue weighted by atomic mass is 16.2. The van der Waals surface area contributed by atoms with E-state index in [1.807, 2.05) is 12.1 Å². The molecule has 0 aliphatic carbocycles. The number of hydrogen-bond donors (Lipinski definition) is 2. The summed E-state index contributed by atoms with van der Waals surface area (Å²) >= 11 is 0. The van der Waals surface area contributed by atoms with Crippen LogP contribution in [-0.2, 0) is 11.3 Å². The smallest absolute Gasteiger partial charge is 0.237 e. The molecule has 2 atom stereocenters. The summed E-state index contributed by atoms with van der Waals surface area (Å²) in [7, 11) is 0. The van der Waals surface area contributed by atoms with Crippen molar-refractivity contribution in [2.45, 2.75) is 51.7 Å². The summed E-state index contributed by atoms with van der Waals surface area (Å²) in [4.78, 5) is 12.0. The number of carbonyl (C=O) groups is 1. The van der Waals surface area contributed by atoms with E-state index in [4.69, 9.17) is 0 Å². The highest BCUT2D eigenvalue weighted by Gasteiger charge is 2.23. The minimum atomic E-state index is -0.0152. The number of carbonyl (C=O) groups excluding carboxylic acids is 1. The van der Waals surface area contributed by atoms with E-state index in [2.05, 4.69) is 36.6 Å². The molecule has 1 aromatic rings. The SMILES string of the molecule is Cc1cccc(CNC(=O)C2CCCC(C)N2)c1. The lowest BCUT2D eigenvalue weighted by atomic mass is 9.99. The molecule has 1 aromatic carbocycles. The van der Waals surface area contributed by atoms with Crippen LogP contribution < -0.4 is 10.6 Å². The molecule has 0 saturated carbocycles. The number of nitrogens with one attached hydrogen (secondary N) is 2. The van der Waals surface area contributed by atoms with Crippen molar-refractivity contribution < 1.29 is 4.79 Å². The lowest BCUT2D eigenvalue weighted by Gasteiger charge is -2.27. The standard InChI is InChI=1S/C15H22N2O/c1-11-5-3-7-13(9-11)10-16-15(18)14-8-4-6-12(2)17-14/h3,5,7,9,12,14,17H,4,6,8,10H2,1-2H3,(H,16,18). The maximum atomic E-state index is 12.0. The quantitative estimate of drug-likeness (QED) is 0.858. The molecule has 0 radical (unpaired) electrons. The van der Waals surface area contributed by atoms with Gasteiger partial charge in [-0.2, -0.15) is 0 Å². The van der Waals surface area contributed by atoms with E-state index in [1.54, 1.807) is 0 Å². The molecule has 18 heavy (non-hydrogen) atoms. The summed E-state index contributed by atoms with van der Waals surface area (Å²) in [6.45, 7) is 4.82. The summed E-state index contributed by atoms with van der Waals surface area (Å²) in [6, 6.07) is 8.68. The fourth-order valence-corrected chi connectivity index (χ4v) is 2.48. The fraction of sp³-hybridized carbons (Fsp3) is 0.533. The molecule has 1 amide bonds. The summed E-state index contributed by atoms with van der Waals surface area (Å²) in [6.07, 6.45) is 3.25. The van der Waals surface area contributed by atoms with Gasteiger partial charge in [0.1, 0.15) is 0 Å². The molecule has 1 heterocycles. The fourth-order valence-electron chi connectivity index (χ4n) is 2.48. The zero-order valence-electron chi connectivity index (χ0n) is 11.2. The van der Waals surface area contributed by atoms with Crippen LogP contribution in [0.15, 0.2) is 24.3 Å². The molecule has 98 valence electrons. The van der Waals surface area contributed by atoms with Crippen LogP contribution in [0.3, 0.4) is 0 Å². The number of piperidine rings is 1. The average Bonchev–Trinajstić information content (AvgIpc) is 2.36. The molecular formula is C15H22N2O. The van der Waals surface area contributed by atoms with Gasteiger partial charge in [-0.3, -0.25) is 4.79 Å². The van der Waals surface area contributed by atoms with Crippen LogP contribution in [0, 0.1) is 6.92 Å². The lowest BCUT2D eigenvalue weighted by molar-refractivity contribution is -0.124. The van der Waals surface area contributed by atoms with Crippen molar-refractivity contribution in [1.29, 1.82) is 0 Å². The van der Waals surface area contributed by atoms with Gasteiger partial charge < -0.3 is 10.6 Å². The van der Waals surface area contributed by atoms with Crippen LogP contribution in [0.5, 0.6) is 0 Å². The van der Waals surface area contributed by atoms with E-state index in [1.165, 1.54) is 12.0 Å². The van der Waals surface area contributed by atoms with Gasteiger partial charge in [-0.05, 0) is 38.7 Å². The van der Waals surface area contributed by atoms with Gasteiger partial charge in [-0.25, -0.2) is 0 Å². The van der Waals surface area contributed by atoms with E-state index < -0.39 is 0 Å². The van der Waals surface area contributed by atoms with Gasteiger partial charge in [0.2, 0.25) is 5.91 Å². The van der Waals surface area contributed by atoms with Crippen LogP contribution in [0.25, 0.3) is 0 Å². The Kier molecular flexibility index (Phi) is 4.37. The number of hydrogen-bond acceptors (Lipinski definition) is 2. The predicted octanol–water partition coefficient (Wildman–Crippen LogP) is 2.14. The van der Waals surface area contributed by atoms with E-state index in [0.717, 1.165) is 18.4 Å². The van der Waals surface area contributed by atoms with E-state index in [-0.39, 0.29) is 11.9 Å². The topological polar surface area (TPSA) is 41.1 Å². The molecular weight excluding hydrogens is 224 g/mol. The zero-order valence-corrected chi connectivity index (χ0v) is 11.2. The highest BCUT2D eigenvalue weighted by molar-refractivity contribution is 5.81. The number of rotatable bonds is 3. The lowest BCUT2D eigenvalue weighted by Crippen LogP contribution is -2.49. The van der Waals surface area contributed by atoms with Gasteiger partial charge in [0, 0.05) is 12.6 Å². The number of amides is 1. The minimum Gasteiger partial charge on any atom is -0.351 e. The zero-order chi connectivity index (χ0) is 13.0. The minimum absolute atomic E-state index is 0.0152. The molecule has 0 bridgehead atoms. The molecule has 2 unspecified atom stereocenters. The maximum absolute atomic E-state index is 12.0. The molecule has 0 aromatic heterocycles. The first kappa shape index (κ1) is 13.1. The third kappa shape index (κ3) is 3.57. The van der Waals surface area contributed by atoms with Crippen molar-refractivity contribution in [2.24, 2.45) is 0 Å². The van der Waals surface area contributed by atoms with Crippen molar-refractivity contribution in [3.05, 3.63) is 35.4 Å². The Hall–Kier alpha value is -1.35. The second-order valence-electron chi connectivity index (χ2n) is 5.26. The molecule has 1 aliphatic heterocycles. The Labute approximate surface area is 109 Å². The monoisotopic (exact) mass is 246 g/mol. The molecule has 1 saturated heterocycles. The van der Waals surface area contributed by atoms with Crippen LogP contribution in [0.2, 0.25) is 0 Å². The summed E-state index contributed by atoms with van der Waals surface area (Å²) < 4.78 is 0. The van der Waals surface area contributed by atoms with Crippen molar-refractivity contribution >= 4 is 5.91 Å². The third-order valence-electron chi connectivity index (χ3n) is 3.48. The third-order valence-corrected chi connectivity index (χ3v) is 3.48. The second-order valence-corrected chi connectivity index (χ2v) is 5.26. The first-order chi connectivity index (χ1) is 8.65. The molecule has 1 aliphatic rings. The Morgan fingerprint density at radius 2 is 2.28 bits per heavy atom. The molecule has 2 rings (SSSR count). The predicted molar refractivity (Wildman–Crippen MR) is 73.3 cm³/mol. The van der Waals surface area contributed by atoms with E-state index in [0.29, 0.717) is 12.6 Å². The van der Waals surface area contributed by atoms with Gasteiger partial charge in [-0.15, -0.1) is 0 Å². The molecule has 1 fully saturated rings.